The Hall–Kier alpha value is -2.95. The monoisotopic (exact) mass is 365 g/mol. The Labute approximate surface area is 159 Å². The van der Waals surface area contributed by atoms with Crippen molar-refractivity contribution in [1.82, 2.24) is 14.5 Å². The van der Waals surface area contributed by atoms with Crippen LogP contribution in [0.4, 0.5) is 4.39 Å². The maximum Gasteiger partial charge on any atom is 0.254 e. The molecule has 0 saturated carbocycles. The van der Waals surface area contributed by atoms with Gasteiger partial charge in [0.1, 0.15) is 11.6 Å². The number of imidazole rings is 1. The number of amides is 1. The molecular formula is C22H24FN3O. The minimum absolute atomic E-state index is 0.183. The fourth-order valence-corrected chi connectivity index (χ4v) is 3.05. The van der Waals surface area contributed by atoms with Crippen molar-refractivity contribution < 1.29 is 9.18 Å². The van der Waals surface area contributed by atoms with Gasteiger partial charge in [-0.2, -0.15) is 0 Å². The van der Waals surface area contributed by atoms with E-state index >= 15 is 0 Å². The second-order valence-corrected chi connectivity index (χ2v) is 7.05. The number of carbonyl (C=O) groups is 1. The largest absolute Gasteiger partial charge is 0.331 e. The normalized spacial score (nSPS) is 11.0. The average molecular weight is 365 g/mol. The molecule has 3 rings (SSSR count). The molecule has 0 radical (unpaired) electrons. The van der Waals surface area contributed by atoms with Crippen molar-refractivity contribution in [1.29, 1.82) is 0 Å². The summed E-state index contributed by atoms with van der Waals surface area (Å²) in [5, 5.41) is 0. The molecule has 0 fully saturated rings. The van der Waals surface area contributed by atoms with E-state index in [1.165, 1.54) is 17.7 Å². The molecule has 0 N–H and O–H groups in total. The van der Waals surface area contributed by atoms with Crippen molar-refractivity contribution in [3.8, 4) is 0 Å². The van der Waals surface area contributed by atoms with E-state index in [0.717, 1.165) is 5.82 Å². The maximum atomic E-state index is 13.5. The topological polar surface area (TPSA) is 38.1 Å². The Morgan fingerprint density at radius 3 is 2.63 bits per heavy atom. The van der Waals surface area contributed by atoms with E-state index in [1.54, 1.807) is 23.2 Å². The third kappa shape index (κ3) is 5.03. The van der Waals surface area contributed by atoms with Gasteiger partial charge < -0.3 is 9.47 Å². The highest BCUT2D eigenvalue weighted by Crippen LogP contribution is 2.14. The second kappa shape index (κ2) is 8.62. The second-order valence-electron chi connectivity index (χ2n) is 7.05. The van der Waals surface area contributed by atoms with E-state index < -0.39 is 5.82 Å². The molecule has 3 aromatic rings. The van der Waals surface area contributed by atoms with Crippen LogP contribution < -0.4 is 0 Å². The SMILES string of the molecule is CC(C)CN(Cc1nccn1Cc1ccccc1)C(=O)c1cccc(F)c1. The van der Waals surface area contributed by atoms with Gasteiger partial charge in [0.05, 0.1) is 6.54 Å². The van der Waals surface area contributed by atoms with Crippen molar-refractivity contribution in [2.45, 2.75) is 26.9 Å². The van der Waals surface area contributed by atoms with Gasteiger partial charge in [-0.05, 0) is 29.7 Å². The Kier molecular flexibility index (Phi) is 6.01. The molecule has 0 spiro atoms. The number of benzene rings is 2. The quantitative estimate of drug-likeness (QED) is 0.624. The molecule has 0 aliphatic heterocycles. The zero-order chi connectivity index (χ0) is 19.2. The Morgan fingerprint density at radius 2 is 1.93 bits per heavy atom. The first kappa shape index (κ1) is 18.8. The molecular weight excluding hydrogens is 341 g/mol. The van der Waals surface area contributed by atoms with Gasteiger partial charge >= 0.3 is 0 Å². The van der Waals surface area contributed by atoms with Gasteiger partial charge in [0.2, 0.25) is 0 Å². The van der Waals surface area contributed by atoms with Gasteiger partial charge in [0.25, 0.3) is 5.91 Å². The Bertz CT molecular complexity index is 889. The first-order chi connectivity index (χ1) is 13.0. The zero-order valence-electron chi connectivity index (χ0n) is 15.7. The fraction of sp³-hybridized carbons (Fsp3) is 0.273. The van der Waals surface area contributed by atoms with Gasteiger partial charge in [-0.25, -0.2) is 9.37 Å². The summed E-state index contributed by atoms with van der Waals surface area (Å²) in [6.45, 7) is 5.77. The van der Waals surface area contributed by atoms with Crippen LogP contribution in [0.2, 0.25) is 0 Å². The van der Waals surface area contributed by atoms with Crippen LogP contribution in [0.1, 0.15) is 35.6 Å². The van der Waals surface area contributed by atoms with Crippen molar-refractivity contribution in [2.75, 3.05) is 6.54 Å². The maximum absolute atomic E-state index is 13.5. The molecule has 0 aliphatic carbocycles. The summed E-state index contributed by atoms with van der Waals surface area (Å²) in [5.74, 6) is 0.512. The molecule has 0 unspecified atom stereocenters. The highest BCUT2D eigenvalue weighted by atomic mass is 19.1. The van der Waals surface area contributed by atoms with Crippen molar-refractivity contribution >= 4 is 5.91 Å². The summed E-state index contributed by atoms with van der Waals surface area (Å²) in [7, 11) is 0. The molecule has 2 aromatic carbocycles. The first-order valence-electron chi connectivity index (χ1n) is 9.11. The van der Waals surface area contributed by atoms with Gasteiger partial charge in [0.15, 0.2) is 0 Å². The molecule has 1 aromatic heterocycles. The molecule has 140 valence electrons. The molecule has 0 aliphatic rings. The third-order valence-electron chi connectivity index (χ3n) is 4.27. The number of aromatic nitrogens is 2. The van der Waals surface area contributed by atoms with Crippen LogP contribution in [0, 0.1) is 11.7 Å². The molecule has 27 heavy (non-hydrogen) atoms. The van der Waals surface area contributed by atoms with E-state index in [-0.39, 0.29) is 5.91 Å². The van der Waals surface area contributed by atoms with E-state index in [4.69, 9.17) is 0 Å². The lowest BCUT2D eigenvalue weighted by atomic mass is 10.1. The standard InChI is InChI=1S/C22H24FN3O/c1-17(2)14-26(22(27)19-9-6-10-20(23)13-19)16-21-24-11-12-25(21)15-18-7-4-3-5-8-18/h3-13,17H,14-16H2,1-2H3. The van der Waals surface area contributed by atoms with E-state index in [0.29, 0.717) is 31.1 Å². The van der Waals surface area contributed by atoms with Crippen LogP contribution in [-0.4, -0.2) is 26.9 Å². The zero-order valence-corrected chi connectivity index (χ0v) is 15.7. The van der Waals surface area contributed by atoms with Crippen LogP contribution in [0.15, 0.2) is 67.0 Å². The van der Waals surface area contributed by atoms with Crippen molar-refractivity contribution in [3.63, 3.8) is 0 Å². The van der Waals surface area contributed by atoms with Gasteiger partial charge in [0, 0.05) is 31.0 Å². The lowest BCUT2D eigenvalue weighted by Gasteiger charge is -2.25. The number of halogens is 1. The molecule has 0 saturated heterocycles. The summed E-state index contributed by atoms with van der Waals surface area (Å²) in [6, 6.07) is 16.0. The van der Waals surface area contributed by atoms with Crippen molar-refractivity contribution in [2.24, 2.45) is 5.92 Å². The number of nitrogens with zero attached hydrogens (tertiary/aromatic N) is 3. The summed E-state index contributed by atoms with van der Waals surface area (Å²) >= 11 is 0. The highest BCUT2D eigenvalue weighted by molar-refractivity contribution is 5.94. The van der Waals surface area contributed by atoms with Crippen LogP contribution in [-0.2, 0) is 13.1 Å². The van der Waals surface area contributed by atoms with Crippen LogP contribution in [0.5, 0.6) is 0 Å². The van der Waals surface area contributed by atoms with Gasteiger partial charge in [-0.3, -0.25) is 4.79 Å². The summed E-state index contributed by atoms with van der Waals surface area (Å²) < 4.78 is 15.6. The third-order valence-corrected chi connectivity index (χ3v) is 4.27. The minimum atomic E-state index is -0.407. The number of hydrogen-bond donors (Lipinski definition) is 0. The summed E-state index contributed by atoms with van der Waals surface area (Å²) in [6.07, 6.45) is 3.67. The first-order valence-corrected chi connectivity index (χ1v) is 9.11. The van der Waals surface area contributed by atoms with Gasteiger partial charge in [-0.15, -0.1) is 0 Å². The van der Waals surface area contributed by atoms with Crippen LogP contribution >= 0.6 is 0 Å². The lowest BCUT2D eigenvalue weighted by molar-refractivity contribution is 0.0715. The van der Waals surface area contributed by atoms with Crippen LogP contribution in [0.3, 0.4) is 0 Å². The van der Waals surface area contributed by atoms with E-state index in [1.807, 2.05) is 29.0 Å². The molecule has 0 bridgehead atoms. The van der Waals surface area contributed by atoms with Crippen molar-refractivity contribution in [3.05, 3.63) is 89.8 Å². The Balaban J connectivity index is 1.81. The van der Waals surface area contributed by atoms with E-state index in [9.17, 15) is 9.18 Å². The molecule has 1 heterocycles. The summed E-state index contributed by atoms with van der Waals surface area (Å²) in [5.41, 5.74) is 1.53. The van der Waals surface area contributed by atoms with Gasteiger partial charge in [-0.1, -0.05) is 50.2 Å². The fourth-order valence-electron chi connectivity index (χ4n) is 3.05. The summed E-state index contributed by atoms with van der Waals surface area (Å²) in [4.78, 5) is 19.1. The smallest absolute Gasteiger partial charge is 0.254 e. The lowest BCUT2D eigenvalue weighted by Crippen LogP contribution is -2.34. The van der Waals surface area contributed by atoms with Crippen LogP contribution in [0.25, 0.3) is 0 Å². The number of hydrogen-bond acceptors (Lipinski definition) is 2. The molecule has 5 heteroatoms. The molecule has 4 nitrogen and oxygen atoms in total. The highest BCUT2D eigenvalue weighted by Gasteiger charge is 2.20. The van der Waals surface area contributed by atoms with E-state index in [2.05, 4.69) is 31.0 Å². The number of carbonyl (C=O) groups excluding carboxylic acids is 1. The molecule has 0 atom stereocenters. The Morgan fingerprint density at radius 1 is 1.15 bits per heavy atom. The minimum Gasteiger partial charge on any atom is -0.331 e. The average Bonchev–Trinajstić information content (AvgIpc) is 3.08. The number of rotatable bonds is 7. The predicted octanol–water partition coefficient (Wildman–Crippen LogP) is 4.37. The predicted molar refractivity (Wildman–Crippen MR) is 104 cm³/mol. The molecule has 1 amide bonds.